The lowest BCUT2D eigenvalue weighted by molar-refractivity contribution is 0.194. The number of halogens is 1. The van der Waals surface area contributed by atoms with Crippen LogP contribution in [0.1, 0.15) is 53.9 Å². The number of carbonyl (C=O) groups excluding carboxylic acids is 1. The zero-order valence-electron chi connectivity index (χ0n) is 22.2. The van der Waals surface area contributed by atoms with E-state index in [0.717, 1.165) is 34.0 Å². The van der Waals surface area contributed by atoms with Gasteiger partial charge in [0, 0.05) is 17.4 Å². The summed E-state index contributed by atoms with van der Waals surface area (Å²) in [4.78, 5) is 15.8. The molecule has 0 radical (unpaired) electrons. The van der Waals surface area contributed by atoms with Gasteiger partial charge >= 0.3 is 6.03 Å². The number of urea groups is 1. The third-order valence-electron chi connectivity index (χ3n) is 7.36. The van der Waals surface area contributed by atoms with Crippen molar-refractivity contribution in [3.05, 3.63) is 131 Å². The number of nitrogens with zero attached hydrogens (tertiary/aromatic N) is 4. The maximum atomic E-state index is 14.0. The number of amides is 2. The predicted molar refractivity (Wildman–Crippen MR) is 151 cm³/mol. The number of aromatic nitrogens is 3. The second-order valence-electron chi connectivity index (χ2n) is 10.2. The summed E-state index contributed by atoms with van der Waals surface area (Å²) >= 11 is 0. The highest BCUT2D eigenvalue weighted by Crippen LogP contribution is 2.39. The van der Waals surface area contributed by atoms with Crippen molar-refractivity contribution < 1.29 is 9.18 Å². The molecule has 2 aromatic heterocycles. The predicted octanol–water partition coefficient (Wildman–Crippen LogP) is 7.37. The molecule has 6 rings (SSSR count). The molecule has 0 saturated carbocycles. The highest BCUT2D eigenvalue weighted by Gasteiger charge is 2.36. The summed E-state index contributed by atoms with van der Waals surface area (Å²) < 4.78 is 17.7. The molecule has 0 aliphatic carbocycles. The van der Waals surface area contributed by atoms with Gasteiger partial charge in [0.25, 0.3) is 0 Å². The normalized spacial score (nSPS) is 14.6. The molecule has 0 fully saturated rings. The van der Waals surface area contributed by atoms with Crippen molar-refractivity contribution >= 4 is 11.7 Å². The summed E-state index contributed by atoms with van der Waals surface area (Å²) in [6.45, 7) is 6.67. The number of fused-ring (bicyclic) bond motifs is 3. The average molecular weight is 520 g/mol. The van der Waals surface area contributed by atoms with Crippen molar-refractivity contribution in [2.75, 3.05) is 5.32 Å². The monoisotopic (exact) mass is 519 g/mol. The molecule has 1 aliphatic rings. The van der Waals surface area contributed by atoms with Crippen LogP contribution < -0.4 is 5.32 Å². The molecular formula is C32H30FN5O. The van der Waals surface area contributed by atoms with Gasteiger partial charge in [0.05, 0.1) is 29.7 Å². The minimum absolute atomic E-state index is 0.271. The van der Waals surface area contributed by atoms with Gasteiger partial charge in [-0.2, -0.15) is 5.10 Å². The average Bonchev–Trinajstić information content (AvgIpc) is 3.51. The highest BCUT2D eigenvalue weighted by atomic mass is 19.1. The zero-order chi connectivity index (χ0) is 27.1. The van der Waals surface area contributed by atoms with Gasteiger partial charge in [-0.15, -0.1) is 0 Å². The van der Waals surface area contributed by atoms with Gasteiger partial charge in [-0.05, 0) is 72.5 Å². The standard InChI is InChI=1S/C32H30FN5O/c1-21(2)23-11-13-24(14-12-23)30-29-10-7-19-36(29)31-28(22(3)35-38(31)27-8-5-4-6-9-27)20-37(30)32(39)34-26-17-15-25(33)16-18-26/h4-19,21,30H,20H2,1-3H3,(H,34,39)/t30-/m1/s1. The number of carbonyl (C=O) groups is 1. The smallest absolute Gasteiger partial charge is 0.308 e. The van der Waals surface area contributed by atoms with E-state index >= 15 is 0 Å². The molecule has 2 amide bonds. The van der Waals surface area contributed by atoms with Crippen molar-refractivity contribution in [3.8, 4) is 11.5 Å². The van der Waals surface area contributed by atoms with Crippen LogP contribution >= 0.6 is 0 Å². The van der Waals surface area contributed by atoms with E-state index in [2.05, 4.69) is 54.1 Å². The summed E-state index contributed by atoms with van der Waals surface area (Å²) in [6.07, 6.45) is 2.03. The van der Waals surface area contributed by atoms with Crippen LogP contribution in [0.5, 0.6) is 0 Å². The maximum absolute atomic E-state index is 14.0. The Morgan fingerprint density at radius 2 is 1.67 bits per heavy atom. The molecule has 0 unspecified atom stereocenters. The Morgan fingerprint density at radius 3 is 2.36 bits per heavy atom. The number of rotatable bonds is 4. The topological polar surface area (TPSA) is 55.1 Å². The van der Waals surface area contributed by atoms with Gasteiger partial charge in [0.15, 0.2) is 0 Å². The van der Waals surface area contributed by atoms with Crippen LogP contribution in [0.4, 0.5) is 14.9 Å². The van der Waals surface area contributed by atoms with Crippen molar-refractivity contribution in [3.63, 3.8) is 0 Å². The molecule has 1 N–H and O–H groups in total. The molecule has 3 heterocycles. The van der Waals surface area contributed by atoms with Crippen LogP contribution in [0, 0.1) is 12.7 Å². The Hall–Kier alpha value is -4.65. The number of aryl methyl sites for hydroxylation is 1. The van der Waals surface area contributed by atoms with Crippen molar-refractivity contribution in [2.45, 2.75) is 39.3 Å². The summed E-state index contributed by atoms with van der Waals surface area (Å²) in [5, 5.41) is 7.89. The maximum Gasteiger partial charge on any atom is 0.322 e. The van der Waals surface area contributed by atoms with Gasteiger partial charge in [0.1, 0.15) is 11.6 Å². The molecule has 196 valence electrons. The Labute approximate surface area is 227 Å². The Balaban J connectivity index is 1.52. The summed E-state index contributed by atoms with van der Waals surface area (Å²) in [7, 11) is 0. The van der Waals surface area contributed by atoms with E-state index in [4.69, 9.17) is 5.10 Å². The molecule has 5 aromatic rings. The first kappa shape index (κ1) is 24.7. The third kappa shape index (κ3) is 4.50. The SMILES string of the molecule is Cc1nn(-c2ccccc2)c2c1CN(C(=O)Nc1ccc(F)cc1)[C@H](c1ccc(C(C)C)cc1)c1cccn1-2. The van der Waals surface area contributed by atoms with E-state index in [1.807, 2.05) is 59.1 Å². The second kappa shape index (κ2) is 9.91. The lowest BCUT2D eigenvalue weighted by Gasteiger charge is -2.31. The second-order valence-corrected chi connectivity index (χ2v) is 10.2. The van der Waals surface area contributed by atoms with Gasteiger partial charge in [-0.25, -0.2) is 13.9 Å². The number of benzene rings is 3. The number of nitrogens with one attached hydrogen (secondary N) is 1. The van der Waals surface area contributed by atoms with Gasteiger partial charge in [-0.3, -0.25) is 0 Å². The lowest BCUT2D eigenvalue weighted by atomic mass is 9.97. The molecule has 39 heavy (non-hydrogen) atoms. The van der Waals surface area contributed by atoms with Crippen LogP contribution in [0.3, 0.4) is 0 Å². The fraction of sp³-hybridized carbons (Fsp3) is 0.188. The highest BCUT2D eigenvalue weighted by molar-refractivity contribution is 5.90. The summed E-state index contributed by atoms with van der Waals surface area (Å²) in [5.74, 6) is 0.968. The first-order valence-corrected chi connectivity index (χ1v) is 13.2. The van der Waals surface area contributed by atoms with Crippen LogP contribution in [-0.4, -0.2) is 25.3 Å². The summed E-state index contributed by atoms with van der Waals surface area (Å²) in [6, 6.07) is 27.8. The fourth-order valence-corrected chi connectivity index (χ4v) is 5.29. The van der Waals surface area contributed by atoms with E-state index in [1.54, 1.807) is 12.1 Å². The van der Waals surface area contributed by atoms with Crippen molar-refractivity contribution in [1.82, 2.24) is 19.2 Å². The number of para-hydroxylation sites is 1. The van der Waals surface area contributed by atoms with Crippen LogP contribution in [0.15, 0.2) is 97.2 Å². The first-order chi connectivity index (χ1) is 18.9. The molecule has 6 nitrogen and oxygen atoms in total. The van der Waals surface area contributed by atoms with E-state index in [-0.39, 0.29) is 17.9 Å². The van der Waals surface area contributed by atoms with Crippen LogP contribution in [-0.2, 0) is 6.54 Å². The molecule has 0 bridgehead atoms. The van der Waals surface area contributed by atoms with Crippen LogP contribution in [0.2, 0.25) is 0 Å². The van der Waals surface area contributed by atoms with Gasteiger partial charge in [0.2, 0.25) is 0 Å². The number of anilines is 1. The molecule has 1 aliphatic heterocycles. The van der Waals surface area contributed by atoms with Gasteiger partial charge in [-0.1, -0.05) is 56.3 Å². The Morgan fingerprint density at radius 1 is 0.949 bits per heavy atom. The van der Waals surface area contributed by atoms with E-state index < -0.39 is 0 Å². The summed E-state index contributed by atoms with van der Waals surface area (Å²) in [5.41, 5.74) is 6.50. The lowest BCUT2D eigenvalue weighted by Crippen LogP contribution is -2.38. The number of hydrogen-bond donors (Lipinski definition) is 1. The molecular weight excluding hydrogens is 489 g/mol. The van der Waals surface area contributed by atoms with Crippen LogP contribution in [0.25, 0.3) is 11.5 Å². The fourth-order valence-electron chi connectivity index (χ4n) is 5.29. The Bertz CT molecular complexity index is 1620. The molecule has 7 heteroatoms. The molecule has 1 atom stereocenters. The van der Waals surface area contributed by atoms with E-state index in [1.165, 1.54) is 17.7 Å². The first-order valence-electron chi connectivity index (χ1n) is 13.2. The third-order valence-corrected chi connectivity index (χ3v) is 7.36. The zero-order valence-corrected chi connectivity index (χ0v) is 22.2. The van der Waals surface area contributed by atoms with Gasteiger partial charge < -0.3 is 14.8 Å². The molecule has 0 spiro atoms. The minimum Gasteiger partial charge on any atom is -0.308 e. The quantitative estimate of drug-likeness (QED) is 0.270. The van der Waals surface area contributed by atoms with E-state index in [9.17, 15) is 9.18 Å². The number of hydrogen-bond acceptors (Lipinski definition) is 2. The molecule has 3 aromatic carbocycles. The molecule has 0 saturated heterocycles. The largest absolute Gasteiger partial charge is 0.322 e. The Kier molecular flexibility index (Phi) is 6.27. The minimum atomic E-state index is -0.363. The van der Waals surface area contributed by atoms with Crippen molar-refractivity contribution in [1.29, 1.82) is 0 Å². The van der Waals surface area contributed by atoms with E-state index in [0.29, 0.717) is 18.2 Å². The van der Waals surface area contributed by atoms with Crippen molar-refractivity contribution in [2.24, 2.45) is 0 Å².